The van der Waals surface area contributed by atoms with E-state index in [4.69, 9.17) is 4.74 Å². The minimum absolute atomic E-state index is 0. The van der Waals surface area contributed by atoms with Crippen LogP contribution in [0, 0.1) is 0 Å². The van der Waals surface area contributed by atoms with E-state index in [0.717, 1.165) is 11.9 Å². The molecule has 1 aromatic carbocycles. The molecule has 0 aliphatic carbocycles. The Balaban J connectivity index is 0.00000121. The maximum atomic E-state index is 5.32. The van der Waals surface area contributed by atoms with Crippen molar-refractivity contribution >= 4 is 39.9 Å². The van der Waals surface area contributed by atoms with Crippen molar-refractivity contribution in [2.75, 3.05) is 11.9 Å². The highest BCUT2D eigenvalue weighted by Gasteiger charge is 1.88. The SMILES string of the molecule is BrCCOCc1ccccc1.I. The van der Waals surface area contributed by atoms with E-state index in [9.17, 15) is 0 Å². The molecule has 0 amide bonds. The molecule has 12 heavy (non-hydrogen) atoms. The summed E-state index contributed by atoms with van der Waals surface area (Å²) >= 11 is 3.30. The van der Waals surface area contributed by atoms with Crippen LogP contribution in [-0.4, -0.2) is 11.9 Å². The summed E-state index contributed by atoms with van der Waals surface area (Å²) in [6.07, 6.45) is 0. The lowest BCUT2D eigenvalue weighted by molar-refractivity contribution is 0.137. The van der Waals surface area contributed by atoms with Crippen molar-refractivity contribution in [2.24, 2.45) is 0 Å². The molecule has 0 N–H and O–H groups in total. The molecule has 0 saturated carbocycles. The van der Waals surface area contributed by atoms with Gasteiger partial charge < -0.3 is 4.74 Å². The third-order valence-electron chi connectivity index (χ3n) is 1.33. The summed E-state index contributed by atoms with van der Waals surface area (Å²) in [5.74, 6) is 0. The summed E-state index contributed by atoms with van der Waals surface area (Å²) in [5.41, 5.74) is 1.23. The number of ether oxygens (including phenoxy) is 1. The predicted molar refractivity (Wildman–Crippen MR) is 65.3 cm³/mol. The average Bonchev–Trinajstić information content (AvgIpc) is 2.07. The van der Waals surface area contributed by atoms with Gasteiger partial charge in [0, 0.05) is 5.33 Å². The molecule has 0 saturated heterocycles. The maximum Gasteiger partial charge on any atom is 0.0717 e. The monoisotopic (exact) mass is 342 g/mol. The van der Waals surface area contributed by atoms with Crippen LogP contribution in [0.3, 0.4) is 0 Å². The summed E-state index contributed by atoms with van der Waals surface area (Å²) in [7, 11) is 0. The summed E-state index contributed by atoms with van der Waals surface area (Å²) in [5, 5.41) is 0.903. The van der Waals surface area contributed by atoms with Crippen LogP contribution in [0.2, 0.25) is 0 Å². The highest BCUT2D eigenvalue weighted by molar-refractivity contribution is 14.0. The minimum atomic E-state index is 0. The van der Waals surface area contributed by atoms with Gasteiger partial charge in [0.2, 0.25) is 0 Å². The Labute approximate surface area is 98.7 Å². The van der Waals surface area contributed by atoms with Gasteiger partial charge in [-0.2, -0.15) is 0 Å². The molecule has 1 aromatic rings. The standard InChI is InChI=1S/C9H11BrO.HI/c10-6-7-11-8-9-4-2-1-3-5-9;/h1-5H,6-8H2;1H. The lowest BCUT2D eigenvalue weighted by Crippen LogP contribution is -1.95. The fraction of sp³-hybridized carbons (Fsp3) is 0.333. The summed E-state index contributed by atoms with van der Waals surface area (Å²) < 4.78 is 5.32. The molecular weight excluding hydrogens is 331 g/mol. The number of rotatable bonds is 4. The van der Waals surface area contributed by atoms with Crippen LogP contribution < -0.4 is 0 Å². The van der Waals surface area contributed by atoms with E-state index in [1.54, 1.807) is 0 Å². The van der Waals surface area contributed by atoms with Crippen LogP contribution >= 0.6 is 39.9 Å². The molecule has 68 valence electrons. The van der Waals surface area contributed by atoms with E-state index in [1.165, 1.54) is 5.56 Å². The normalized spacial score (nSPS) is 9.08. The second-order valence-corrected chi connectivity index (χ2v) is 3.02. The fourth-order valence-corrected chi connectivity index (χ4v) is 1.05. The van der Waals surface area contributed by atoms with E-state index in [2.05, 4.69) is 28.1 Å². The van der Waals surface area contributed by atoms with Crippen molar-refractivity contribution in [3.8, 4) is 0 Å². The van der Waals surface area contributed by atoms with Crippen LogP contribution in [0.5, 0.6) is 0 Å². The first-order valence-corrected chi connectivity index (χ1v) is 4.73. The first-order chi connectivity index (χ1) is 5.43. The summed E-state index contributed by atoms with van der Waals surface area (Å²) in [6, 6.07) is 10.2. The van der Waals surface area contributed by atoms with Crippen molar-refractivity contribution < 1.29 is 4.74 Å². The maximum absolute atomic E-state index is 5.32. The molecule has 0 radical (unpaired) electrons. The molecule has 0 aromatic heterocycles. The van der Waals surface area contributed by atoms with Crippen molar-refractivity contribution in [3.63, 3.8) is 0 Å². The molecule has 1 nitrogen and oxygen atoms in total. The van der Waals surface area contributed by atoms with Gasteiger partial charge in [0.15, 0.2) is 0 Å². The lowest BCUT2D eigenvalue weighted by Gasteiger charge is -2.00. The number of benzene rings is 1. The van der Waals surface area contributed by atoms with Crippen LogP contribution in [-0.2, 0) is 11.3 Å². The number of hydrogen-bond acceptors (Lipinski definition) is 1. The van der Waals surface area contributed by atoms with E-state index >= 15 is 0 Å². The molecule has 0 unspecified atom stereocenters. The molecule has 0 spiro atoms. The predicted octanol–water partition coefficient (Wildman–Crippen LogP) is 3.22. The van der Waals surface area contributed by atoms with E-state index in [-0.39, 0.29) is 24.0 Å². The van der Waals surface area contributed by atoms with Gasteiger partial charge >= 0.3 is 0 Å². The topological polar surface area (TPSA) is 9.23 Å². The minimum Gasteiger partial charge on any atom is -0.376 e. The zero-order valence-electron chi connectivity index (χ0n) is 6.70. The average molecular weight is 343 g/mol. The Morgan fingerprint density at radius 3 is 2.42 bits per heavy atom. The number of hydrogen-bond donors (Lipinski definition) is 0. The third-order valence-corrected chi connectivity index (χ3v) is 1.66. The van der Waals surface area contributed by atoms with E-state index in [1.807, 2.05) is 18.2 Å². The zero-order chi connectivity index (χ0) is 7.94. The second kappa shape index (κ2) is 8.01. The summed E-state index contributed by atoms with van der Waals surface area (Å²) in [6.45, 7) is 1.49. The Morgan fingerprint density at radius 2 is 1.83 bits per heavy atom. The molecular formula is C9H12BrIO. The number of alkyl halides is 1. The molecule has 3 heteroatoms. The fourth-order valence-electron chi connectivity index (χ4n) is 0.819. The van der Waals surface area contributed by atoms with Gasteiger partial charge in [-0.15, -0.1) is 24.0 Å². The Hall–Kier alpha value is 0.390. The molecule has 0 aliphatic rings. The number of halogens is 2. The van der Waals surface area contributed by atoms with Crippen LogP contribution in [0.1, 0.15) is 5.56 Å². The van der Waals surface area contributed by atoms with Crippen LogP contribution in [0.25, 0.3) is 0 Å². The Bertz CT molecular complexity index is 191. The zero-order valence-corrected chi connectivity index (χ0v) is 10.6. The van der Waals surface area contributed by atoms with Gasteiger partial charge in [-0.05, 0) is 5.56 Å². The molecule has 0 heterocycles. The van der Waals surface area contributed by atoms with Crippen molar-refractivity contribution in [3.05, 3.63) is 35.9 Å². The first-order valence-electron chi connectivity index (χ1n) is 3.61. The van der Waals surface area contributed by atoms with Crippen LogP contribution in [0.4, 0.5) is 0 Å². The van der Waals surface area contributed by atoms with E-state index < -0.39 is 0 Å². The van der Waals surface area contributed by atoms with Crippen molar-refractivity contribution in [1.29, 1.82) is 0 Å². The molecule has 1 rings (SSSR count). The first kappa shape index (κ1) is 12.4. The largest absolute Gasteiger partial charge is 0.376 e. The second-order valence-electron chi connectivity index (χ2n) is 2.23. The Morgan fingerprint density at radius 1 is 1.17 bits per heavy atom. The Kier molecular flexibility index (Phi) is 8.27. The van der Waals surface area contributed by atoms with Crippen LogP contribution in [0.15, 0.2) is 30.3 Å². The van der Waals surface area contributed by atoms with Gasteiger partial charge in [0.25, 0.3) is 0 Å². The molecule has 0 aliphatic heterocycles. The molecule has 0 atom stereocenters. The highest BCUT2D eigenvalue weighted by atomic mass is 127. The van der Waals surface area contributed by atoms with Crippen molar-refractivity contribution in [2.45, 2.75) is 6.61 Å². The molecule has 0 fully saturated rings. The van der Waals surface area contributed by atoms with Gasteiger partial charge in [-0.3, -0.25) is 0 Å². The van der Waals surface area contributed by atoms with Gasteiger partial charge in [0.1, 0.15) is 0 Å². The van der Waals surface area contributed by atoms with Gasteiger partial charge in [-0.25, -0.2) is 0 Å². The quantitative estimate of drug-likeness (QED) is 0.464. The molecule has 0 bridgehead atoms. The van der Waals surface area contributed by atoms with E-state index in [0.29, 0.717) is 6.61 Å². The smallest absolute Gasteiger partial charge is 0.0717 e. The van der Waals surface area contributed by atoms with Gasteiger partial charge in [0.05, 0.1) is 13.2 Å². The third kappa shape index (κ3) is 5.11. The summed E-state index contributed by atoms with van der Waals surface area (Å²) in [4.78, 5) is 0. The van der Waals surface area contributed by atoms with Crippen molar-refractivity contribution in [1.82, 2.24) is 0 Å². The lowest BCUT2D eigenvalue weighted by atomic mass is 10.2. The highest BCUT2D eigenvalue weighted by Crippen LogP contribution is 2.00. The van der Waals surface area contributed by atoms with Gasteiger partial charge in [-0.1, -0.05) is 46.3 Å².